The Kier molecular flexibility index (Phi) is 6.24. The van der Waals surface area contributed by atoms with E-state index in [0.29, 0.717) is 43.2 Å². The van der Waals surface area contributed by atoms with Crippen LogP contribution in [0.3, 0.4) is 0 Å². The van der Waals surface area contributed by atoms with Crippen LogP contribution in [0.15, 0.2) is 36.5 Å². The number of carbonyl (C=O) groups excluding carboxylic acids is 2. The fourth-order valence-corrected chi connectivity index (χ4v) is 4.29. The van der Waals surface area contributed by atoms with Crippen LogP contribution in [0.5, 0.6) is 0 Å². The zero-order chi connectivity index (χ0) is 22.9. The van der Waals surface area contributed by atoms with Crippen LogP contribution in [-0.4, -0.2) is 53.1 Å². The number of carbonyl (C=O) groups is 2. The molecule has 170 valence electrons. The molecule has 8 heteroatoms. The fraction of sp³-hybridized carbons (Fsp3) is 0.500. The average Bonchev–Trinajstić information content (AvgIpc) is 2.73. The molecule has 4 rings (SSSR count). The van der Waals surface area contributed by atoms with Crippen molar-refractivity contribution in [2.75, 3.05) is 31.1 Å². The molecule has 1 aromatic heterocycles. The van der Waals surface area contributed by atoms with Crippen LogP contribution in [-0.2, 0) is 9.59 Å². The molecular weight excluding hydrogens is 409 g/mol. The second kappa shape index (κ2) is 8.94. The number of anilines is 2. The van der Waals surface area contributed by atoms with Gasteiger partial charge in [0.25, 0.3) is 0 Å². The molecule has 2 fully saturated rings. The van der Waals surface area contributed by atoms with Gasteiger partial charge in [-0.25, -0.2) is 4.39 Å². The number of nitrogens with zero attached hydrogens (tertiary/aromatic N) is 4. The van der Waals surface area contributed by atoms with Crippen LogP contribution in [0, 0.1) is 17.2 Å². The van der Waals surface area contributed by atoms with Crippen LogP contribution in [0.25, 0.3) is 0 Å². The SMILES string of the molecule is CC(C)(C)C(=O)N1CCC(c2ccc(N(C(=O)C3CNC3)c3cccnn3)cc2F)CC1. The van der Waals surface area contributed by atoms with Crippen LogP contribution >= 0.6 is 0 Å². The quantitative estimate of drug-likeness (QED) is 0.791. The van der Waals surface area contributed by atoms with E-state index >= 15 is 4.39 Å². The van der Waals surface area contributed by atoms with E-state index in [-0.39, 0.29) is 29.5 Å². The number of benzene rings is 1. The maximum absolute atomic E-state index is 15.2. The van der Waals surface area contributed by atoms with Gasteiger partial charge < -0.3 is 10.2 Å². The molecule has 1 aromatic carbocycles. The van der Waals surface area contributed by atoms with E-state index in [1.165, 1.54) is 17.2 Å². The van der Waals surface area contributed by atoms with E-state index in [1.54, 1.807) is 24.3 Å². The highest BCUT2D eigenvalue weighted by molar-refractivity contribution is 6.01. The highest BCUT2D eigenvalue weighted by Gasteiger charge is 2.34. The molecule has 2 amide bonds. The molecule has 1 N–H and O–H groups in total. The number of halogens is 1. The smallest absolute Gasteiger partial charge is 0.238 e. The van der Waals surface area contributed by atoms with Crippen molar-refractivity contribution in [3.8, 4) is 0 Å². The van der Waals surface area contributed by atoms with Crippen molar-refractivity contribution in [3.63, 3.8) is 0 Å². The Labute approximate surface area is 188 Å². The lowest BCUT2D eigenvalue weighted by molar-refractivity contribution is -0.140. The Morgan fingerprint density at radius 1 is 1.16 bits per heavy atom. The van der Waals surface area contributed by atoms with Crippen molar-refractivity contribution < 1.29 is 14.0 Å². The van der Waals surface area contributed by atoms with Crippen LogP contribution in [0.2, 0.25) is 0 Å². The summed E-state index contributed by atoms with van der Waals surface area (Å²) in [6, 6.07) is 8.38. The van der Waals surface area contributed by atoms with Crippen LogP contribution < -0.4 is 10.2 Å². The molecule has 7 nitrogen and oxygen atoms in total. The first-order valence-electron chi connectivity index (χ1n) is 11.2. The first-order chi connectivity index (χ1) is 15.3. The Morgan fingerprint density at radius 2 is 1.88 bits per heavy atom. The monoisotopic (exact) mass is 439 g/mol. The van der Waals surface area contributed by atoms with E-state index in [4.69, 9.17) is 0 Å². The summed E-state index contributed by atoms with van der Waals surface area (Å²) in [4.78, 5) is 28.9. The molecule has 0 radical (unpaired) electrons. The zero-order valence-corrected chi connectivity index (χ0v) is 18.8. The van der Waals surface area contributed by atoms with E-state index in [1.807, 2.05) is 25.7 Å². The average molecular weight is 440 g/mol. The van der Waals surface area contributed by atoms with Gasteiger partial charge in [-0.05, 0) is 48.6 Å². The lowest BCUT2D eigenvalue weighted by atomic mass is 9.87. The standard InChI is InChI=1S/C24H30FN5O2/c1-24(2,3)23(32)29-11-8-16(9-12-29)19-7-6-18(13-20(19)25)30(21-5-4-10-27-28-21)22(31)17-14-26-15-17/h4-7,10,13,16-17,26H,8-9,11-12,14-15H2,1-3H3. The maximum atomic E-state index is 15.2. The molecular formula is C24H30FN5O2. The summed E-state index contributed by atoms with van der Waals surface area (Å²) in [6.07, 6.45) is 2.98. The van der Waals surface area contributed by atoms with Gasteiger partial charge in [0.15, 0.2) is 5.82 Å². The first-order valence-corrected chi connectivity index (χ1v) is 11.2. The minimum absolute atomic E-state index is 0.0459. The molecule has 32 heavy (non-hydrogen) atoms. The zero-order valence-electron chi connectivity index (χ0n) is 18.8. The number of hydrogen-bond donors (Lipinski definition) is 1. The van der Waals surface area contributed by atoms with Crippen molar-refractivity contribution in [1.82, 2.24) is 20.4 Å². The second-order valence-electron chi connectivity index (χ2n) is 9.63. The van der Waals surface area contributed by atoms with Crippen molar-refractivity contribution >= 4 is 23.3 Å². The fourth-order valence-electron chi connectivity index (χ4n) is 4.29. The second-order valence-corrected chi connectivity index (χ2v) is 9.63. The number of likely N-dealkylation sites (tertiary alicyclic amines) is 1. The Morgan fingerprint density at radius 3 is 2.41 bits per heavy atom. The number of nitrogens with one attached hydrogen (secondary N) is 1. The molecule has 0 saturated carbocycles. The third-order valence-corrected chi connectivity index (χ3v) is 6.24. The topological polar surface area (TPSA) is 78.4 Å². The van der Waals surface area contributed by atoms with Crippen LogP contribution in [0.4, 0.5) is 15.9 Å². The van der Waals surface area contributed by atoms with Gasteiger partial charge in [0.1, 0.15) is 5.82 Å². The highest BCUT2D eigenvalue weighted by Crippen LogP contribution is 2.35. The molecule has 0 atom stereocenters. The minimum Gasteiger partial charge on any atom is -0.342 e. The summed E-state index contributed by atoms with van der Waals surface area (Å²) in [6.45, 7) is 8.21. The van der Waals surface area contributed by atoms with Crippen molar-refractivity contribution in [2.45, 2.75) is 39.5 Å². The van der Waals surface area contributed by atoms with Gasteiger partial charge in [-0.3, -0.25) is 14.5 Å². The van der Waals surface area contributed by atoms with E-state index in [2.05, 4.69) is 15.5 Å². The number of piperidine rings is 1. The summed E-state index contributed by atoms with van der Waals surface area (Å²) < 4.78 is 15.2. The normalized spacial score (nSPS) is 17.7. The summed E-state index contributed by atoms with van der Waals surface area (Å²) in [5.41, 5.74) is 0.670. The van der Waals surface area contributed by atoms with Gasteiger partial charge in [-0.2, -0.15) is 5.10 Å². The molecule has 0 aliphatic carbocycles. The predicted molar refractivity (Wildman–Crippen MR) is 120 cm³/mol. The van der Waals surface area contributed by atoms with Gasteiger partial charge in [0.05, 0.1) is 11.6 Å². The lowest BCUT2D eigenvalue weighted by Gasteiger charge is -2.36. The summed E-state index contributed by atoms with van der Waals surface area (Å²) in [5, 5.41) is 11.1. The van der Waals surface area contributed by atoms with Gasteiger partial charge in [0, 0.05) is 37.8 Å². The third-order valence-electron chi connectivity index (χ3n) is 6.24. The molecule has 2 aromatic rings. The van der Waals surface area contributed by atoms with Crippen molar-refractivity contribution in [1.29, 1.82) is 0 Å². The molecule has 2 aliphatic rings. The van der Waals surface area contributed by atoms with E-state index in [0.717, 1.165) is 12.8 Å². The highest BCUT2D eigenvalue weighted by atomic mass is 19.1. The van der Waals surface area contributed by atoms with Crippen LogP contribution in [0.1, 0.15) is 45.1 Å². The molecule has 0 spiro atoms. The van der Waals surface area contributed by atoms with Gasteiger partial charge >= 0.3 is 0 Å². The van der Waals surface area contributed by atoms with E-state index in [9.17, 15) is 9.59 Å². The number of hydrogen-bond acceptors (Lipinski definition) is 5. The molecule has 2 aliphatic heterocycles. The molecule has 0 bridgehead atoms. The number of amides is 2. The largest absolute Gasteiger partial charge is 0.342 e. The first kappa shape index (κ1) is 22.3. The van der Waals surface area contributed by atoms with Crippen molar-refractivity contribution in [2.24, 2.45) is 11.3 Å². The lowest BCUT2D eigenvalue weighted by Crippen LogP contribution is -2.51. The summed E-state index contributed by atoms with van der Waals surface area (Å²) in [7, 11) is 0. The summed E-state index contributed by atoms with van der Waals surface area (Å²) >= 11 is 0. The van der Waals surface area contributed by atoms with Gasteiger partial charge in [0.2, 0.25) is 11.8 Å². The predicted octanol–water partition coefficient (Wildman–Crippen LogP) is 3.25. The third kappa shape index (κ3) is 4.50. The van der Waals surface area contributed by atoms with Gasteiger partial charge in [-0.1, -0.05) is 26.8 Å². The van der Waals surface area contributed by atoms with E-state index < -0.39 is 5.41 Å². The van der Waals surface area contributed by atoms with Crippen molar-refractivity contribution in [3.05, 3.63) is 47.9 Å². The molecule has 3 heterocycles. The number of aromatic nitrogens is 2. The Bertz CT molecular complexity index is 980. The van der Waals surface area contributed by atoms with Gasteiger partial charge in [-0.15, -0.1) is 5.10 Å². The molecule has 2 saturated heterocycles. The molecule has 0 unspecified atom stereocenters. The summed E-state index contributed by atoms with van der Waals surface area (Å²) in [5.74, 6) is -0.0585. The maximum Gasteiger partial charge on any atom is 0.238 e. The Hall–Kier alpha value is -2.87. The Balaban J connectivity index is 1.53. The minimum atomic E-state index is -0.411. The number of rotatable bonds is 4.